The number of phenols is 1. The van der Waals surface area contributed by atoms with Crippen LogP contribution >= 0.6 is 0 Å². The number of aliphatic hydroxyl groups is 3. The molecule has 1 aliphatic heterocycles. The van der Waals surface area contributed by atoms with Crippen LogP contribution in [0, 0.1) is 11.8 Å². The van der Waals surface area contributed by atoms with Crippen LogP contribution < -0.4 is 11.1 Å². The first kappa shape index (κ1) is 24.5. The summed E-state index contributed by atoms with van der Waals surface area (Å²) >= 11 is 0. The number of aliphatic hydroxyl groups excluding tert-OH is 2. The first-order valence-corrected chi connectivity index (χ1v) is 12.2. The van der Waals surface area contributed by atoms with Gasteiger partial charge in [-0.15, -0.1) is 0 Å². The summed E-state index contributed by atoms with van der Waals surface area (Å²) in [7, 11) is 3.22. The van der Waals surface area contributed by atoms with E-state index < -0.39 is 58.0 Å². The molecule has 0 aromatic heterocycles. The maximum absolute atomic E-state index is 13.8. The average molecular weight is 498 g/mol. The molecule has 5 rings (SSSR count). The van der Waals surface area contributed by atoms with Gasteiger partial charge in [0.2, 0.25) is 5.78 Å². The zero-order valence-corrected chi connectivity index (χ0v) is 20.2. The molecule has 0 saturated carbocycles. The Bertz CT molecular complexity index is 1240. The Morgan fingerprint density at radius 2 is 1.78 bits per heavy atom. The predicted molar refractivity (Wildman–Crippen MR) is 129 cm³/mol. The third-order valence-electron chi connectivity index (χ3n) is 8.42. The van der Waals surface area contributed by atoms with Crippen molar-refractivity contribution in [2.75, 3.05) is 27.2 Å². The second kappa shape index (κ2) is 8.43. The minimum atomic E-state index is -2.62. The smallest absolute Gasteiger partial charge is 0.255 e. The molecular weight excluding hydrogens is 466 g/mol. The minimum Gasteiger partial charge on any atom is -0.510 e. The summed E-state index contributed by atoms with van der Waals surface area (Å²) in [6, 6.07) is 2.33. The van der Waals surface area contributed by atoms with E-state index in [2.05, 4.69) is 5.32 Å². The zero-order chi connectivity index (χ0) is 26.1. The Kier molecular flexibility index (Phi) is 5.73. The van der Waals surface area contributed by atoms with Crippen LogP contribution in [0.15, 0.2) is 34.8 Å². The number of piperidine rings is 1. The van der Waals surface area contributed by atoms with E-state index in [0.717, 1.165) is 37.1 Å². The summed E-state index contributed by atoms with van der Waals surface area (Å²) in [6.45, 7) is 1.69. The number of aromatic hydroxyl groups is 1. The molecule has 1 aromatic carbocycles. The summed E-state index contributed by atoms with van der Waals surface area (Å²) in [4.78, 5) is 40.7. The van der Waals surface area contributed by atoms with E-state index in [-0.39, 0.29) is 29.2 Å². The number of nitrogens with two attached hydrogens (primary N) is 1. The van der Waals surface area contributed by atoms with E-state index >= 15 is 0 Å². The second-order valence-electron chi connectivity index (χ2n) is 10.5. The standard InChI is InChI=1S/C26H31N3O7/c1-29(2)20-15-10-12-9-14-13(11-5-7-28-8-6-11)3-4-16(30)18(14)21(31)17(12)23(33)26(15,36)24(34)19(22(20)32)25(27)35/h3-4,11-12,15,20,28,30,32-33,36H,5-10H2,1-2H3,(H2,27,35)/t12-,15-,20-,26-/m0/s1. The molecule has 0 unspecified atom stereocenters. The molecule has 1 fully saturated rings. The number of allylic oxidation sites excluding steroid dienone is 1. The number of amides is 1. The van der Waals surface area contributed by atoms with Crippen molar-refractivity contribution < 1.29 is 34.8 Å². The molecule has 10 heteroatoms. The number of benzene rings is 1. The fourth-order valence-corrected chi connectivity index (χ4v) is 6.79. The first-order valence-electron chi connectivity index (χ1n) is 12.2. The number of nitrogens with one attached hydrogen (secondary N) is 1. The van der Waals surface area contributed by atoms with Gasteiger partial charge >= 0.3 is 0 Å². The number of hydrogen-bond acceptors (Lipinski definition) is 9. The van der Waals surface area contributed by atoms with Crippen molar-refractivity contribution in [3.63, 3.8) is 0 Å². The summed E-state index contributed by atoms with van der Waals surface area (Å²) in [5, 5.41) is 47.8. The van der Waals surface area contributed by atoms with Gasteiger partial charge in [0.15, 0.2) is 11.4 Å². The molecule has 0 bridgehead atoms. The SMILES string of the molecule is CN(C)[C@@H]1C(O)=C(C(N)=O)C(=O)[C@@]2(O)C(O)=C3C(=O)c4c(O)ccc(C5CCNCC5)c4C[C@H]3C[C@@H]12. The van der Waals surface area contributed by atoms with E-state index in [0.29, 0.717) is 6.42 Å². The van der Waals surface area contributed by atoms with Gasteiger partial charge in [-0.3, -0.25) is 19.3 Å². The van der Waals surface area contributed by atoms with Crippen LogP contribution in [-0.2, 0) is 16.0 Å². The van der Waals surface area contributed by atoms with Crippen molar-refractivity contribution in [2.45, 2.75) is 43.2 Å². The van der Waals surface area contributed by atoms with Gasteiger partial charge < -0.3 is 31.5 Å². The highest BCUT2D eigenvalue weighted by molar-refractivity contribution is 6.24. The Morgan fingerprint density at radius 3 is 2.39 bits per heavy atom. The highest BCUT2D eigenvalue weighted by atomic mass is 16.3. The molecule has 1 amide bonds. The number of ketones is 2. The van der Waals surface area contributed by atoms with E-state index in [1.807, 2.05) is 6.07 Å². The van der Waals surface area contributed by atoms with E-state index in [1.54, 1.807) is 19.0 Å². The summed E-state index contributed by atoms with van der Waals surface area (Å²) in [5.41, 5.74) is 3.59. The molecular formula is C26H31N3O7. The van der Waals surface area contributed by atoms with Gasteiger partial charge in [0, 0.05) is 11.5 Å². The number of primary amides is 1. The molecule has 4 atom stereocenters. The number of rotatable bonds is 3. The van der Waals surface area contributed by atoms with Crippen molar-refractivity contribution in [3.8, 4) is 5.75 Å². The van der Waals surface area contributed by atoms with Gasteiger partial charge in [0.25, 0.3) is 5.91 Å². The molecule has 1 heterocycles. The fourth-order valence-electron chi connectivity index (χ4n) is 6.79. The molecule has 192 valence electrons. The molecule has 36 heavy (non-hydrogen) atoms. The molecule has 3 aliphatic carbocycles. The Labute approximate surface area is 208 Å². The molecule has 0 radical (unpaired) electrons. The summed E-state index contributed by atoms with van der Waals surface area (Å²) in [5.74, 6) is -6.12. The number of fused-ring (bicyclic) bond motifs is 3. The number of phenolic OH excluding ortho intramolecular Hbond substituents is 1. The lowest BCUT2D eigenvalue weighted by Gasteiger charge is -2.50. The van der Waals surface area contributed by atoms with Crippen molar-refractivity contribution in [1.29, 1.82) is 0 Å². The van der Waals surface area contributed by atoms with Crippen LogP contribution in [-0.4, -0.2) is 81.6 Å². The lowest BCUT2D eigenvalue weighted by molar-refractivity contribution is -0.148. The Hall–Kier alpha value is -3.21. The molecule has 1 aromatic rings. The second-order valence-corrected chi connectivity index (χ2v) is 10.5. The lowest BCUT2D eigenvalue weighted by atomic mass is 9.58. The Morgan fingerprint density at radius 1 is 1.11 bits per heavy atom. The average Bonchev–Trinajstić information content (AvgIpc) is 2.81. The number of hydrogen-bond donors (Lipinski definition) is 6. The van der Waals surface area contributed by atoms with Crippen molar-refractivity contribution in [1.82, 2.24) is 10.2 Å². The monoisotopic (exact) mass is 497 g/mol. The molecule has 1 saturated heterocycles. The van der Waals surface area contributed by atoms with Crippen LogP contribution in [0.5, 0.6) is 5.75 Å². The van der Waals surface area contributed by atoms with Crippen LogP contribution in [0.4, 0.5) is 0 Å². The third-order valence-corrected chi connectivity index (χ3v) is 8.42. The van der Waals surface area contributed by atoms with Crippen LogP contribution in [0.2, 0.25) is 0 Å². The highest BCUT2D eigenvalue weighted by Crippen LogP contribution is 2.53. The van der Waals surface area contributed by atoms with Crippen LogP contribution in [0.3, 0.4) is 0 Å². The minimum absolute atomic E-state index is 0.0758. The van der Waals surface area contributed by atoms with Crippen molar-refractivity contribution >= 4 is 17.5 Å². The summed E-state index contributed by atoms with van der Waals surface area (Å²) < 4.78 is 0. The fraction of sp³-hybridized carbons (Fsp3) is 0.500. The maximum atomic E-state index is 13.8. The van der Waals surface area contributed by atoms with Gasteiger partial charge in [0.1, 0.15) is 22.8 Å². The maximum Gasteiger partial charge on any atom is 0.255 e. The normalized spacial score (nSPS) is 30.8. The van der Waals surface area contributed by atoms with Gasteiger partial charge in [-0.1, -0.05) is 6.07 Å². The molecule has 0 spiro atoms. The van der Waals surface area contributed by atoms with Crippen LogP contribution in [0.25, 0.3) is 0 Å². The third kappa shape index (κ3) is 3.24. The van der Waals surface area contributed by atoms with Gasteiger partial charge in [-0.25, -0.2) is 0 Å². The van der Waals surface area contributed by atoms with Crippen LogP contribution in [0.1, 0.15) is 46.7 Å². The van der Waals surface area contributed by atoms with Gasteiger partial charge in [-0.05, 0) is 81.9 Å². The molecule has 10 nitrogen and oxygen atoms in total. The van der Waals surface area contributed by atoms with Crippen molar-refractivity contribution in [3.05, 3.63) is 51.5 Å². The molecule has 4 aliphatic rings. The van der Waals surface area contributed by atoms with E-state index in [9.17, 15) is 34.8 Å². The number of Topliss-reactive ketones (excluding diaryl/α,β-unsaturated/α-hetero) is 2. The largest absolute Gasteiger partial charge is 0.510 e. The summed E-state index contributed by atoms with van der Waals surface area (Å²) in [6.07, 6.45) is 2.19. The lowest BCUT2D eigenvalue weighted by Crippen LogP contribution is -2.63. The number of carbonyl (C=O) groups is 3. The van der Waals surface area contributed by atoms with Crippen molar-refractivity contribution in [2.24, 2.45) is 17.6 Å². The predicted octanol–water partition coefficient (Wildman–Crippen LogP) is 0.588. The number of carbonyl (C=O) groups excluding carboxylic acids is 3. The first-order chi connectivity index (χ1) is 17.0. The number of nitrogens with zero attached hydrogens (tertiary/aromatic N) is 1. The number of likely N-dealkylation sites (N-methyl/N-ethyl adjacent to an activating group) is 1. The van der Waals surface area contributed by atoms with Gasteiger partial charge in [-0.2, -0.15) is 0 Å². The van der Waals surface area contributed by atoms with Gasteiger partial charge in [0.05, 0.1) is 11.6 Å². The molecule has 7 N–H and O–H groups in total. The topological polar surface area (TPSA) is 173 Å². The van der Waals surface area contributed by atoms with E-state index in [1.165, 1.54) is 6.07 Å². The van der Waals surface area contributed by atoms with E-state index in [4.69, 9.17) is 5.73 Å². The Balaban J connectivity index is 1.69. The zero-order valence-electron chi connectivity index (χ0n) is 20.2. The highest BCUT2D eigenvalue weighted by Gasteiger charge is 2.63. The quantitative estimate of drug-likeness (QED) is 0.327.